The summed E-state index contributed by atoms with van der Waals surface area (Å²) in [5.41, 5.74) is 1.16. The Morgan fingerprint density at radius 1 is 1.09 bits per heavy atom. The van der Waals surface area contributed by atoms with Gasteiger partial charge in [0, 0.05) is 22.1 Å². The van der Waals surface area contributed by atoms with Gasteiger partial charge in [-0.2, -0.15) is 0 Å². The Balaban J connectivity index is 2.46. The Kier molecular flexibility index (Phi) is 9.02. The molecule has 1 atom stereocenters. The molecule has 1 unspecified atom stereocenters. The van der Waals surface area contributed by atoms with E-state index in [1.54, 1.807) is 56.3 Å². The topological polar surface area (TPSA) is 86.8 Å². The van der Waals surface area contributed by atoms with Gasteiger partial charge in [0.2, 0.25) is 21.8 Å². The number of carbonyl (C=O) groups excluding carboxylic acids is 2. The van der Waals surface area contributed by atoms with E-state index in [9.17, 15) is 18.0 Å². The zero-order valence-electron chi connectivity index (χ0n) is 20.2. The molecule has 1 N–H and O–H groups in total. The van der Waals surface area contributed by atoms with Gasteiger partial charge in [0.1, 0.15) is 12.6 Å². The number of rotatable bonds is 8. The molecule has 2 aromatic carbocycles. The van der Waals surface area contributed by atoms with Crippen molar-refractivity contribution in [3.05, 3.63) is 63.6 Å². The van der Waals surface area contributed by atoms with Crippen LogP contribution >= 0.6 is 23.2 Å². The van der Waals surface area contributed by atoms with E-state index < -0.39 is 34.1 Å². The summed E-state index contributed by atoms with van der Waals surface area (Å²) in [6, 6.07) is 10.9. The molecular weight excluding hydrogens is 497 g/mol. The fourth-order valence-electron chi connectivity index (χ4n) is 3.33. The molecule has 34 heavy (non-hydrogen) atoms. The minimum atomic E-state index is -3.79. The van der Waals surface area contributed by atoms with Gasteiger partial charge < -0.3 is 10.2 Å². The smallest absolute Gasteiger partial charge is 0.244 e. The lowest BCUT2D eigenvalue weighted by Gasteiger charge is -2.33. The average molecular weight is 529 g/mol. The number of sulfonamides is 1. The number of hydrogen-bond acceptors (Lipinski definition) is 4. The van der Waals surface area contributed by atoms with E-state index >= 15 is 0 Å². The maximum atomic E-state index is 13.5. The lowest BCUT2D eigenvalue weighted by molar-refractivity contribution is -0.140. The van der Waals surface area contributed by atoms with Gasteiger partial charge in [-0.05, 0) is 63.9 Å². The number of halogens is 2. The van der Waals surface area contributed by atoms with Crippen LogP contribution in [0.3, 0.4) is 0 Å². The van der Waals surface area contributed by atoms with Gasteiger partial charge in [0.25, 0.3) is 0 Å². The Morgan fingerprint density at radius 2 is 1.71 bits per heavy atom. The molecule has 0 saturated heterocycles. The van der Waals surface area contributed by atoms with Gasteiger partial charge in [-0.25, -0.2) is 8.42 Å². The highest BCUT2D eigenvalue weighted by molar-refractivity contribution is 7.92. The van der Waals surface area contributed by atoms with Crippen molar-refractivity contribution in [2.45, 2.75) is 52.7 Å². The second-order valence-corrected chi connectivity index (χ2v) is 12.0. The standard InChI is InChI=1S/C24H31Cl2N3O4S/c1-16-9-7-8-10-21(16)29(34(6,32)33)15-22(30)28(17(2)23(31)27-24(3,4)5)14-18-11-12-19(25)13-20(18)26/h7-13,17H,14-15H2,1-6H3,(H,27,31). The normalized spacial score (nSPS) is 12.7. The van der Waals surface area contributed by atoms with Gasteiger partial charge in [0.05, 0.1) is 11.9 Å². The van der Waals surface area contributed by atoms with Crippen LogP contribution in [-0.4, -0.2) is 49.5 Å². The third-order valence-corrected chi connectivity index (χ3v) is 6.80. The monoisotopic (exact) mass is 527 g/mol. The number of benzene rings is 2. The third-order valence-electron chi connectivity index (χ3n) is 5.08. The molecule has 0 fully saturated rings. The fourth-order valence-corrected chi connectivity index (χ4v) is 4.70. The predicted octanol–water partition coefficient (Wildman–Crippen LogP) is 4.40. The van der Waals surface area contributed by atoms with Gasteiger partial charge in [-0.1, -0.05) is 47.5 Å². The van der Waals surface area contributed by atoms with Crippen LogP contribution in [0.1, 0.15) is 38.8 Å². The molecule has 2 aromatic rings. The average Bonchev–Trinajstić information content (AvgIpc) is 2.69. The van der Waals surface area contributed by atoms with E-state index in [4.69, 9.17) is 23.2 Å². The summed E-state index contributed by atoms with van der Waals surface area (Å²) in [5.74, 6) is -0.913. The van der Waals surface area contributed by atoms with E-state index in [2.05, 4.69) is 5.32 Å². The number of amides is 2. The van der Waals surface area contributed by atoms with Crippen molar-refractivity contribution in [3.63, 3.8) is 0 Å². The van der Waals surface area contributed by atoms with Crippen LogP contribution in [0, 0.1) is 6.92 Å². The second kappa shape index (κ2) is 11.0. The molecule has 2 amide bonds. The molecule has 0 bridgehead atoms. The Bertz CT molecular complexity index is 1160. The van der Waals surface area contributed by atoms with Crippen molar-refractivity contribution in [3.8, 4) is 0 Å². The van der Waals surface area contributed by atoms with Gasteiger partial charge in [0.15, 0.2) is 0 Å². The summed E-state index contributed by atoms with van der Waals surface area (Å²) in [5, 5.41) is 3.65. The van der Waals surface area contributed by atoms with Crippen molar-refractivity contribution in [1.82, 2.24) is 10.2 Å². The third kappa shape index (κ3) is 7.61. The highest BCUT2D eigenvalue weighted by Gasteiger charge is 2.32. The first kappa shape index (κ1) is 28.0. The van der Waals surface area contributed by atoms with Crippen LogP contribution in [0.2, 0.25) is 10.0 Å². The minimum absolute atomic E-state index is 0.00105. The number of anilines is 1. The molecule has 186 valence electrons. The number of aryl methyl sites for hydroxylation is 1. The summed E-state index contributed by atoms with van der Waals surface area (Å²) in [7, 11) is -3.79. The summed E-state index contributed by atoms with van der Waals surface area (Å²) < 4.78 is 26.3. The Morgan fingerprint density at radius 3 is 2.24 bits per heavy atom. The van der Waals surface area contributed by atoms with Crippen molar-refractivity contribution in [2.24, 2.45) is 0 Å². The second-order valence-electron chi connectivity index (χ2n) is 9.23. The fraction of sp³-hybridized carbons (Fsp3) is 0.417. The van der Waals surface area contributed by atoms with Gasteiger partial charge in [-0.15, -0.1) is 0 Å². The van der Waals surface area contributed by atoms with E-state index in [-0.39, 0.29) is 12.5 Å². The van der Waals surface area contributed by atoms with Crippen LogP contribution in [0.5, 0.6) is 0 Å². The molecule has 0 heterocycles. The molecule has 0 aliphatic heterocycles. The molecule has 0 saturated carbocycles. The maximum Gasteiger partial charge on any atom is 0.244 e. The van der Waals surface area contributed by atoms with Crippen LogP contribution < -0.4 is 9.62 Å². The van der Waals surface area contributed by atoms with Crippen molar-refractivity contribution in [1.29, 1.82) is 0 Å². The van der Waals surface area contributed by atoms with Crippen LogP contribution in [-0.2, 0) is 26.2 Å². The first-order chi connectivity index (χ1) is 15.6. The highest BCUT2D eigenvalue weighted by atomic mass is 35.5. The number of nitrogens with one attached hydrogen (secondary N) is 1. The Labute approximate surface area is 212 Å². The molecular formula is C24H31Cl2N3O4S. The molecule has 10 heteroatoms. The van der Waals surface area contributed by atoms with Crippen LogP contribution in [0.15, 0.2) is 42.5 Å². The van der Waals surface area contributed by atoms with Crippen LogP contribution in [0.25, 0.3) is 0 Å². The number of nitrogens with zero attached hydrogens (tertiary/aromatic N) is 2. The summed E-state index contributed by atoms with van der Waals surface area (Å²) >= 11 is 12.3. The quantitative estimate of drug-likeness (QED) is 0.551. The van der Waals surface area contributed by atoms with Gasteiger partial charge >= 0.3 is 0 Å². The molecule has 7 nitrogen and oxygen atoms in total. The summed E-state index contributed by atoms with van der Waals surface area (Å²) in [6.45, 7) is 8.40. The maximum absolute atomic E-state index is 13.5. The first-order valence-electron chi connectivity index (χ1n) is 10.7. The molecule has 2 rings (SSSR count). The first-order valence-corrected chi connectivity index (χ1v) is 13.3. The van der Waals surface area contributed by atoms with Crippen molar-refractivity contribution >= 4 is 50.7 Å². The lowest BCUT2D eigenvalue weighted by Crippen LogP contribution is -2.54. The lowest BCUT2D eigenvalue weighted by atomic mass is 10.1. The number of para-hydroxylation sites is 1. The largest absolute Gasteiger partial charge is 0.350 e. The number of hydrogen-bond donors (Lipinski definition) is 1. The zero-order valence-corrected chi connectivity index (χ0v) is 22.6. The van der Waals surface area contributed by atoms with E-state index in [1.165, 1.54) is 4.90 Å². The van der Waals surface area contributed by atoms with Gasteiger partial charge in [-0.3, -0.25) is 13.9 Å². The van der Waals surface area contributed by atoms with E-state index in [0.29, 0.717) is 26.9 Å². The predicted molar refractivity (Wildman–Crippen MR) is 138 cm³/mol. The summed E-state index contributed by atoms with van der Waals surface area (Å²) in [6.07, 6.45) is 1.04. The van der Waals surface area contributed by atoms with Crippen LogP contribution in [0.4, 0.5) is 5.69 Å². The van der Waals surface area contributed by atoms with E-state index in [0.717, 1.165) is 10.6 Å². The van der Waals surface area contributed by atoms with E-state index in [1.807, 2.05) is 20.8 Å². The number of carbonyl (C=O) groups is 2. The molecule has 0 aliphatic carbocycles. The zero-order chi connectivity index (χ0) is 25.8. The highest BCUT2D eigenvalue weighted by Crippen LogP contribution is 2.25. The molecule has 0 aromatic heterocycles. The summed E-state index contributed by atoms with van der Waals surface area (Å²) in [4.78, 5) is 27.8. The van der Waals surface area contributed by atoms with Crippen molar-refractivity contribution < 1.29 is 18.0 Å². The molecule has 0 radical (unpaired) electrons. The molecule has 0 spiro atoms. The minimum Gasteiger partial charge on any atom is -0.350 e. The van der Waals surface area contributed by atoms with Crippen molar-refractivity contribution in [2.75, 3.05) is 17.1 Å². The SMILES string of the molecule is Cc1ccccc1N(CC(=O)N(Cc1ccc(Cl)cc1Cl)C(C)C(=O)NC(C)(C)C)S(C)(=O)=O. The Hall–Kier alpha value is -2.29. The molecule has 0 aliphatic rings.